The fourth-order valence-corrected chi connectivity index (χ4v) is 1.08. The maximum absolute atomic E-state index is 12.6. The molecule has 1 aromatic carbocycles. The van der Waals surface area contributed by atoms with Crippen LogP contribution in [0, 0.1) is 17.1 Å². The first-order chi connectivity index (χ1) is 7.78. The molecule has 0 unspecified atom stereocenters. The van der Waals surface area contributed by atoms with Crippen molar-refractivity contribution in [1.29, 1.82) is 5.26 Å². The molecular weight excluding hydrogens is 209 g/mol. The summed E-state index contributed by atoms with van der Waals surface area (Å²) in [6.45, 7) is 0. The molecule has 0 radical (unpaired) electrons. The largest absolute Gasteiger partial charge is 0.439 e. The van der Waals surface area contributed by atoms with E-state index >= 15 is 0 Å². The zero-order valence-electron chi connectivity index (χ0n) is 8.09. The normalized spacial score (nSPS) is 9.50. The number of benzene rings is 1. The Morgan fingerprint density at radius 2 is 1.94 bits per heavy atom. The molecule has 0 aliphatic rings. The maximum atomic E-state index is 12.6. The average molecular weight is 215 g/mol. The van der Waals surface area contributed by atoms with Gasteiger partial charge >= 0.3 is 0 Å². The van der Waals surface area contributed by atoms with Crippen LogP contribution in [0.3, 0.4) is 0 Å². The molecule has 0 bridgehead atoms. The van der Waals surface area contributed by atoms with Crippen LogP contribution in [0.2, 0.25) is 0 Å². The van der Waals surface area contributed by atoms with Crippen LogP contribution in [-0.4, -0.2) is 9.97 Å². The fourth-order valence-electron chi connectivity index (χ4n) is 1.08. The number of halogens is 1. The van der Waals surface area contributed by atoms with E-state index in [9.17, 15) is 4.39 Å². The molecule has 0 spiro atoms. The quantitative estimate of drug-likeness (QED) is 0.771. The summed E-state index contributed by atoms with van der Waals surface area (Å²) in [5.74, 6) is 0.384. The summed E-state index contributed by atoms with van der Waals surface area (Å²) in [5, 5.41) is 8.58. The van der Waals surface area contributed by atoms with Crippen molar-refractivity contribution in [2.75, 3.05) is 0 Å². The van der Waals surface area contributed by atoms with Crippen LogP contribution >= 0.6 is 0 Å². The van der Waals surface area contributed by atoms with Gasteiger partial charge in [-0.3, -0.25) is 0 Å². The lowest BCUT2D eigenvalue weighted by atomic mass is 10.3. The maximum Gasteiger partial charge on any atom is 0.235 e. The van der Waals surface area contributed by atoms with Gasteiger partial charge in [-0.05, 0) is 24.3 Å². The summed E-state index contributed by atoms with van der Waals surface area (Å²) >= 11 is 0. The van der Waals surface area contributed by atoms with Gasteiger partial charge in [0.2, 0.25) is 11.7 Å². The van der Waals surface area contributed by atoms with Crippen molar-refractivity contribution in [1.82, 2.24) is 9.97 Å². The van der Waals surface area contributed by atoms with Gasteiger partial charge in [-0.1, -0.05) is 0 Å². The number of aromatic nitrogens is 2. The Labute approximate surface area is 91.0 Å². The fraction of sp³-hybridized carbons (Fsp3) is 0. The topological polar surface area (TPSA) is 58.8 Å². The van der Waals surface area contributed by atoms with Crippen molar-refractivity contribution < 1.29 is 9.13 Å². The number of nitriles is 1. The molecule has 0 N–H and O–H groups in total. The van der Waals surface area contributed by atoms with Crippen LogP contribution in [0.4, 0.5) is 4.39 Å². The first kappa shape index (κ1) is 10.1. The second kappa shape index (κ2) is 4.36. The van der Waals surface area contributed by atoms with E-state index in [0.29, 0.717) is 5.75 Å². The predicted molar refractivity (Wildman–Crippen MR) is 53.2 cm³/mol. The molecule has 2 aromatic rings. The number of ether oxygens (including phenoxy) is 1. The van der Waals surface area contributed by atoms with Gasteiger partial charge in [0.15, 0.2) is 0 Å². The molecular formula is C11H6FN3O. The van der Waals surface area contributed by atoms with Crippen molar-refractivity contribution in [3.8, 4) is 17.7 Å². The third kappa shape index (κ3) is 2.30. The molecule has 2 rings (SSSR count). The first-order valence-corrected chi connectivity index (χ1v) is 4.44. The molecule has 78 valence electrons. The lowest BCUT2D eigenvalue weighted by molar-refractivity contribution is 0.459. The highest BCUT2D eigenvalue weighted by atomic mass is 19.1. The van der Waals surface area contributed by atoms with Crippen molar-refractivity contribution in [2.24, 2.45) is 0 Å². The van der Waals surface area contributed by atoms with E-state index < -0.39 is 0 Å². The highest BCUT2D eigenvalue weighted by molar-refractivity contribution is 5.27. The number of hydrogen-bond donors (Lipinski definition) is 0. The minimum atomic E-state index is -0.340. The molecule has 0 atom stereocenters. The first-order valence-electron chi connectivity index (χ1n) is 4.44. The van der Waals surface area contributed by atoms with Gasteiger partial charge in [0.25, 0.3) is 0 Å². The SMILES string of the molecule is N#Cc1nccc(Oc2ccc(F)cc2)n1. The Balaban J connectivity index is 2.21. The third-order valence-electron chi connectivity index (χ3n) is 1.77. The Hall–Kier alpha value is -2.48. The highest BCUT2D eigenvalue weighted by Crippen LogP contribution is 2.18. The van der Waals surface area contributed by atoms with E-state index in [1.165, 1.54) is 36.5 Å². The zero-order valence-corrected chi connectivity index (χ0v) is 8.09. The Bertz CT molecular complexity index is 534. The van der Waals surface area contributed by atoms with E-state index in [-0.39, 0.29) is 17.5 Å². The monoisotopic (exact) mass is 215 g/mol. The average Bonchev–Trinajstić information content (AvgIpc) is 2.32. The second-order valence-corrected chi connectivity index (χ2v) is 2.89. The third-order valence-corrected chi connectivity index (χ3v) is 1.77. The lowest BCUT2D eigenvalue weighted by Crippen LogP contribution is -1.92. The molecule has 0 aliphatic carbocycles. The Morgan fingerprint density at radius 3 is 2.62 bits per heavy atom. The van der Waals surface area contributed by atoms with Crippen LogP contribution in [0.25, 0.3) is 0 Å². The van der Waals surface area contributed by atoms with Gasteiger partial charge < -0.3 is 4.74 Å². The summed E-state index contributed by atoms with van der Waals surface area (Å²) < 4.78 is 17.9. The van der Waals surface area contributed by atoms with Gasteiger partial charge in [-0.15, -0.1) is 0 Å². The van der Waals surface area contributed by atoms with Crippen LogP contribution in [-0.2, 0) is 0 Å². The number of rotatable bonds is 2. The van der Waals surface area contributed by atoms with E-state index in [1.807, 2.05) is 0 Å². The molecule has 5 heteroatoms. The van der Waals surface area contributed by atoms with Gasteiger partial charge in [0, 0.05) is 12.3 Å². The van der Waals surface area contributed by atoms with Crippen LogP contribution in [0.1, 0.15) is 5.82 Å². The Morgan fingerprint density at radius 1 is 1.19 bits per heavy atom. The molecule has 1 aromatic heterocycles. The summed E-state index contributed by atoms with van der Waals surface area (Å²) in [6.07, 6.45) is 1.42. The van der Waals surface area contributed by atoms with Gasteiger partial charge in [-0.25, -0.2) is 9.37 Å². The second-order valence-electron chi connectivity index (χ2n) is 2.89. The number of nitrogens with zero attached hydrogens (tertiary/aromatic N) is 3. The summed E-state index contributed by atoms with van der Waals surface area (Å²) in [5.41, 5.74) is 0. The highest BCUT2D eigenvalue weighted by Gasteiger charge is 2.01. The smallest absolute Gasteiger partial charge is 0.235 e. The van der Waals surface area contributed by atoms with Crippen LogP contribution in [0.5, 0.6) is 11.6 Å². The van der Waals surface area contributed by atoms with Crippen molar-refractivity contribution >= 4 is 0 Å². The molecule has 0 amide bonds. The van der Waals surface area contributed by atoms with E-state index in [2.05, 4.69) is 9.97 Å². The molecule has 0 saturated heterocycles. The molecule has 16 heavy (non-hydrogen) atoms. The predicted octanol–water partition coefficient (Wildman–Crippen LogP) is 2.28. The van der Waals surface area contributed by atoms with Crippen LogP contribution < -0.4 is 4.74 Å². The van der Waals surface area contributed by atoms with Gasteiger partial charge in [0.1, 0.15) is 17.6 Å². The minimum absolute atomic E-state index is 0.0274. The van der Waals surface area contributed by atoms with Gasteiger partial charge in [-0.2, -0.15) is 10.2 Å². The van der Waals surface area contributed by atoms with Gasteiger partial charge in [0.05, 0.1) is 0 Å². The summed E-state index contributed by atoms with van der Waals surface area (Å²) in [4.78, 5) is 7.52. The van der Waals surface area contributed by atoms with Crippen molar-refractivity contribution in [3.63, 3.8) is 0 Å². The zero-order chi connectivity index (χ0) is 11.4. The van der Waals surface area contributed by atoms with E-state index in [0.717, 1.165) is 0 Å². The molecule has 0 saturated carbocycles. The summed E-state index contributed by atoms with van der Waals surface area (Å²) in [6, 6.07) is 8.83. The Kier molecular flexibility index (Phi) is 2.74. The molecule has 0 fully saturated rings. The molecule has 4 nitrogen and oxygen atoms in total. The minimum Gasteiger partial charge on any atom is -0.439 e. The van der Waals surface area contributed by atoms with Crippen molar-refractivity contribution in [3.05, 3.63) is 48.2 Å². The molecule has 0 aliphatic heterocycles. The number of hydrogen-bond acceptors (Lipinski definition) is 4. The van der Waals surface area contributed by atoms with E-state index in [4.69, 9.17) is 10.00 Å². The van der Waals surface area contributed by atoms with Crippen LogP contribution in [0.15, 0.2) is 36.5 Å². The standard InChI is InChI=1S/C11H6FN3O/c12-8-1-3-9(4-2-8)16-11-5-6-14-10(7-13)15-11/h1-6H. The van der Waals surface area contributed by atoms with E-state index in [1.54, 1.807) is 6.07 Å². The lowest BCUT2D eigenvalue weighted by Gasteiger charge is -2.03. The molecule has 1 heterocycles. The van der Waals surface area contributed by atoms with Crippen molar-refractivity contribution in [2.45, 2.75) is 0 Å². The summed E-state index contributed by atoms with van der Waals surface area (Å²) in [7, 11) is 0.